The summed E-state index contributed by atoms with van der Waals surface area (Å²) in [5.41, 5.74) is 5.95. The molecule has 37 heavy (non-hydrogen) atoms. The summed E-state index contributed by atoms with van der Waals surface area (Å²) in [6, 6.07) is 39.0. The molecule has 0 amide bonds. The summed E-state index contributed by atoms with van der Waals surface area (Å²) < 4.78 is 5.40. The van der Waals surface area contributed by atoms with Crippen LogP contribution in [-0.2, 0) is 0 Å². The van der Waals surface area contributed by atoms with Gasteiger partial charge in [0.15, 0.2) is 10.6 Å². The van der Waals surface area contributed by atoms with E-state index >= 15 is 0 Å². The lowest BCUT2D eigenvalue weighted by atomic mass is 10.1. The monoisotopic (exact) mass is 493 g/mol. The molecule has 0 unspecified atom stereocenters. The van der Waals surface area contributed by atoms with Gasteiger partial charge in [-0.05, 0) is 48.5 Å². The average Bonchev–Trinajstić information content (AvgIpc) is 3.51. The van der Waals surface area contributed by atoms with E-state index in [1.165, 1.54) is 10.8 Å². The van der Waals surface area contributed by atoms with E-state index in [2.05, 4.69) is 75.9 Å². The Labute approximate surface area is 215 Å². The molecule has 0 fully saturated rings. The Morgan fingerprint density at radius 3 is 1.78 bits per heavy atom. The maximum Gasteiger partial charge on any atom is 0.197 e. The third-order valence-electron chi connectivity index (χ3n) is 7.16. The molecule has 3 aromatic heterocycles. The first kappa shape index (κ1) is 20.5. The number of nitrogens with zero attached hydrogens (tertiary/aromatic N) is 3. The summed E-state index contributed by atoms with van der Waals surface area (Å²) in [6.07, 6.45) is 0. The molecule has 5 heteroatoms. The largest absolute Gasteiger partial charge is 0.309 e. The Balaban J connectivity index is 1.49. The molecule has 3 heterocycles. The van der Waals surface area contributed by atoms with Crippen molar-refractivity contribution in [1.82, 2.24) is 14.1 Å². The summed E-state index contributed by atoms with van der Waals surface area (Å²) in [4.78, 5) is 18.8. The predicted molar refractivity (Wildman–Crippen MR) is 155 cm³/mol. The van der Waals surface area contributed by atoms with E-state index in [0.29, 0.717) is 10.8 Å². The molecule has 0 spiro atoms. The highest BCUT2D eigenvalue weighted by Gasteiger charge is 2.18. The Morgan fingerprint density at radius 2 is 1.11 bits per heavy atom. The number of thiazole rings is 1. The Hall–Kier alpha value is -4.74. The molecule has 0 saturated carbocycles. The second-order valence-electron chi connectivity index (χ2n) is 9.22. The molecule has 8 aromatic rings. The fourth-order valence-electron chi connectivity index (χ4n) is 5.53. The zero-order chi connectivity index (χ0) is 24.5. The van der Waals surface area contributed by atoms with Crippen molar-refractivity contribution in [3.8, 4) is 10.8 Å². The van der Waals surface area contributed by atoms with Gasteiger partial charge < -0.3 is 4.57 Å². The minimum Gasteiger partial charge on any atom is -0.309 e. The van der Waals surface area contributed by atoms with E-state index in [0.717, 1.165) is 43.1 Å². The van der Waals surface area contributed by atoms with Gasteiger partial charge in [0.2, 0.25) is 0 Å². The summed E-state index contributed by atoms with van der Waals surface area (Å²) in [5.74, 6) is 0. The summed E-state index contributed by atoms with van der Waals surface area (Å²) in [7, 11) is 0. The molecule has 0 aliphatic heterocycles. The minimum absolute atomic E-state index is 0.0477. The molecular weight excluding hydrogens is 474 g/mol. The van der Waals surface area contributed by atoms with Crippen LogP contribution < -0.4 is 5.43 Å². The van der Waals surface area contributed by atoms with Gasteiger partial charge >= 0.3 is 0 Å². The maximum absolute atomic E-state index is 13.7. The molecule has 0 atom stereocenters. The van der Waals surface area contributed by atoms with E-state index in [1.807, 2.05) is 48.5 Å². The molecule has 0 saturated heterocycles. The molecule has 5 aromatic carbocycles. The topological polar surface area (TPSA) is 39.8 Å². The van der Waals surface area contributed by atoms with Crippen LogP contribution in [0.3, 0.4) is 0 Å². The first-order chi connectivity index (χ1) is 18.3. The lowest BCUT2D eigenvalue weighted by Crippen LogP contribution is -2.10. The molecule has 0 N–H and O–H groups in total. The van der Waals surface area contributed by atoms with Gasteiger partial charge in [-0.3, -0.25) is 9.36 Å². The van der Waals surface area contributed by atoms with Crippen LogP contribution in [0.25, 0.3) is 64.6 Å². The zero-order valence-corrected chi connectivity index (χ0v) is 20.4. The van der Waals surface area contributed by atoms with Crippen LogP contribution in [0.15, 0.2) is 120 Å². The number of aromatic nitrogens is 3. The van der Waals surface area contributed by atoms with Crippen LogP contribution in [-0.4, -0.2) is 14.1 Å². The zero-order valence-electron chi connectivity index (χ0n) is 19.6. The highest BCUT2D eigenvalue weighted by atomic mass is 32.1. The number of rotatable bonds is 2. The van der Waals surface area contributed by atoms with E-state index in [-0.39, 0.29) is 5.43 Å². The maximum atomic E-state index is 13.7. The van der Waals surface area contributed by atoms with Crippen molar-refractivity contribution < 1.29 is 0 Å². The number of hydrogen-bond donors (Lipinski definition) is 0. The summed E-state index contributed by atoms with van der Waals surface area (Å²) >= 11 is 1.62. The predicted octanol–water partition coefficient (Wildman–Crippen LogP) is 7.85. The van der Waals surface area contributed by atoms with Crippen LogP contribution in [0.4, 0.5) is 0 Å². The van der Waals surface area contributed by atoms with Crippen molar-refractivity contribution >= 4 is 65.2 Å². The summed E-state index contributed by atoms with van der Waals surface area (Å²) in [5, 5.41) is 4.72. The van der Waals surface area contributed by atoms with Gasteiger partial charge in [0.25, 0.3) is 0 Å². The third-order valence-corrected chi connectivity index (χ3v) is 8.16. The van der Waals surface area contributed by atoms with Crippen LogP contribution >= 0.6 is 11.3 Å². The van der Waals surface area contributed by atoms with Crippen molar-refractivity contribution in [1.29, 1.82) is 0 Å². The molecule has 4 nitrogen and oxygen atoms in total. The van der Waals surface area contributed by atoms with Gasteiger partial charge in [-0.25, -0.2) is 4.98 Å². The minimum atomic E-state index is 0.0477. The Bertz CT molecular complexity index is 2170. The van der Waals surface area contributed by atoms with Crippen molar-refractivity contribution in [2.75, 3.05) is 0 Å². The van der Waals surface area contributed by atoms with Crippen molar-refractivity contribution in [2.45, 2.75) is 0 Å². The fourth-order valence-corrected chi connectivity index (χ4v) is 6.55. The molecule has 0 aliphatic rings. The average molecular weight is 494 g/mol. The van der Waals surface area contributed by atoms with E-state index in [4.69, 9.17) is 4.98 Å². The SMILES string of the molecule is O=c1c2ccccc2n(-c2ccccc2)c2cc3nc(-n4c5ccccc5c5ccccc54)sc3cc12. The van der Waals surface area contributed by atoms with Gasteiger partial charge in [-0.2, -0.15) is 0 Å². The van der Waals surface area contributed by atoms with Gasteiger partial charge in [0, 0.05) is 27.2 Å². The van der Waals surface area contributed by atoms with Crippen LogP contribution in [0, 0.1) is 0 Å². The quantitative estimate of drug-likeness (QED) is 0.230. The van der Waals surface area contributed by atoms with Crippen LogP contribution in [0.1, 0.15) is 0 Å². The normalized spacial score (nSPS) is 11.9. The lowest BCUT2D eigenvalue weighted by Gasteiger charge is -2.15. The Kier molecular flexibility index (Phi) is 4.22. The molecule has 8 rings (SSSR count). The van der Waals surface area contributed by atoms with Gasteiger partial charge in [-0.1, -0.05) is 78.1 Å². The van der Waals surface area contributed by atoms with Gasteiger partial charge in [0.1, 0.15) is 0 Å². The number of fused-ring (bicyclic) bond motifs is 6. The molecule has 0 radical (unpaired) electrons. The third kappa shape index (κ3) is 2.89. The second-order valence-corrected chi connectivity index (χ2v) is 10.2. The Morgan fingerprint density at radius 1 is 0.541 bits per heavy atom. The number of para-hydroxylation sites is 4. The van der Waals surface area contributed by atoms with Crippen molar-refractivity contribution in [3.63, 3.8) is 0 Å². The second kappa shape index (κ2) is 7.63. The molecule has 174 valence electrons. The lowest BCUT2D eigenvalue weighted by molar-refractivity contribution is 1.14. The first-order valence-corrected chi connectivity index (χ1v) is 13.0. The summed E-state index contributed by atoms with van der Waals surface area (Å²) in [6.45, 7) is 0. The van der Waals surface area contributed by atoms with Crippen LogP contribution in [0.5, 0.6) is 0 Å². The molecular formula is C32H19N3OS. The van der Waals surface area contributed by atoms with Crippen LogP contribution in [0.2, 0.25) is 0 Å². The smallest absolute Gasteiger partial charge is 0.197 e. The van der Waals surface area contributed by atoms with Gasteiger partial charge in [0.05, 0.1) is 32.3 Å². The van der Waals surface area contributed by atoms with E-state index in [9.17, 15) is 4.79 Å². The van der Waals surface area contributed by atoms with E-state index < -0.39 is 0 Å². The first-order valence-electron chi connectivity index (χ1n) is 12.2. The highest BCUT2D eigenvalue weighted by molar-refractivity contribution is 7.21. The van der Waals surface area contributed by atoms with E-state index in [1.54, 1.807) is 11.3 Å². The van der Waals surface area contributed by atoms with Crippen molar-refractivity contribution in [3.05, 3.63) is 125 Å². The fraction of sp³-hybridized carbons (Fsp3) is 0. The van der Waals surface area contributed by atoms with Gasteiger partial charge in [-0.15, -0.1) is 0 Å². The number of hydrogen-bond acceptors (Lipinski definition) is 3. The number of benzene rings is 5. The molecule has 0 aliphatic carbocycles. The standard InChI is InChI=1S/C32H19N3OS/c36-31-23-14-6-9-17-28(23)34(20-10-2-1-3-11-20)29-19-25-30(18-24(29)31)37-32(33-25)35-26-15-7-4-12-21(26)22-13-5-8-16-27(22)35/h1-19H. The number of pyridine rings is 1. The highest BCUT2D eigenvalue weighted by Crippen LogP contribution is 2.36. The molecule has 0 bridgehead atoms. The van der Waals surface area contributed by atoms with Crippen molar-refractivity contribution in [2.24, 2.45) is 0 Å².